The van der Waals surface area contributed by atoms with Gasteiger partial charge in [0.1, 0.15) is 0 Å². The van der Waals surface area contributed by atoms with Crippen LogP contribution in [-0.4, -0.2) is 43.7 Å². The summed E-state index contributed by atoms with van der Waals surface area (Å²) in [6, 6.07) is 0. The minimum absolute atomic E-state index is 0.207. The maximum absolute atomic E-state index is 12.6. The molecule has 1 amide bonds. The van der Waals surface area contributed by atoms with Crippen LogP contribution in [0.4, 0.5) is 0 Å². The SMILES string of the molecule is COC1CN(C(=O)C2CCC(CN)CC2)CCC1C. The first kappa shape index (κ1) is 14.8. The number of hydrogen-bond donors (Lipinski definition) is 1. The first-order chi connectivity index (χ1) is 9.15. The fourth-order valence-corrected chi connectivity index (χ4v) is 3.44. The van der Waals surface area contributed by atoms with E-state index in [1.54, 1.807) is 7.11 Å². The fourth-order valence-electron chi connectivity index (χ4n) is 3.44. The Morgan fingerprint density at radius 2 is 1.95 bits per heavy atom. The molecule has 2 aliphatic rings. The molecule has 1 aliphatic heterocycles. The summed E-state index contributed by atoms with van der Waals surface area (Å²) >= 11 is 0. The molecule has 4 nitrogen and oxygen atoms in total. The van der Waals surface area contributed by atoms with E-state index < -0.39 is 0 Å². The third-order valence-corrected chi connectivity index (χ3v) is 5.03. The highest BCUT2D eigenvalue weighted by molar-refractivity contribution is 5.79. The van der Waals surface area contributed by atoms with Crippen LogP contribution in [0.2, 0.25) is 0 Å². The predicted octanol–water partition coefficient (Wildman–Crippen LogP) is 1.63. The van der Waals surface area contributed by atoms with Gasteiger partial charge in [-0.05, 0) is 50.5 Å². The number of piperidine rings is 1. The smallest absolute Gasteiger partial charge is 0.225 e. The van der Waals surface area contributed by atoms with E-state index in [4.69, 9.17) is 10.5 Å². The molecule has 4 heteroatoms. The van der Waals surface area contributed by atoms with Gasteiger partial charge in [-0.2, -0.15) is 0 Å². The van der Waals surface area contributed by atoms with Gasteiger partial charge in [0.05, 0.1) is 6.10 Å². The highest BCUT2D eigenvalue weighted by Gasteiger charge is 2.33. The molecule has 0 bridgehead atoms. The van der Waals surface area contributed by atoms with Crippen LogP contribution in [0.3, 0.4) is 0 Å². The Labute approximate surface area is 116 Å². The zero-order chi connectivity index (χ0) is 13.8. The second-order valence-corrected chi connectivity index (χ2v) is 6.28. The number of rotatable bonds is 3. The molecule has 2 atom stereocenters. The Balaban J connectivity index is 1.86. The number of carbonyl (C=O) groups is 1. The number of likely N-dealkylation sites (tertiary alicyclic amines) is 1. The van der Waals surface area contributed by atoms with Crippen LogP contribution in [0.15, 0.2) is 0 Å². The van der Waals surface area contributed by atoms with Crippen molar-refractivity contribution in [1.82, 2.24) is 4.90 Å². The van der Waals surface area contributed by atoms with Gasteiger partial charge in [0, 0.05) is 26.1 Å². The van der Waals surface area contributed by atoms with Gasteiger partial charge in [-0.15, -0.1) is 0 Å². The molecule has 0 spiro atoms. The molecule has 2 rings (SSSR count). The van der Waals surface area contributed by atoms with Gasteiger partial charge in [0.2, 0.25) is 5.91 Å². The minimum atomic E-state index is 0.207. The van der Waals surface area contributed by atoms with E-state index in [1.807, 2.05) is 4.90 Å². The Morgan fingerprint density at radius 3 is 2.53 bits per heavy atom. The van der Waals surface area contributed by atoms with Crippen LogP contribution in [0, 0.1) is 17.8 Å². The van der Waals surface area contributed by atoms with Crippen LogP contribution < -0.4 is 5.73 Å². The van der Waals surface area contributed by atoms with E-state index in [0.717, 1.165) is 51.7 Å². The third-order valence-electron chi connectivity index (χ3n) is 5.03. The molecule has 2 unspecified atom stereocenters. The summed E-state index contributed by atoms with van der Waals surface area (Å²) in [5.41, 5.74) is 5.71. The normalized spacial score (nSPS) is 36.3. The standard InChI is InChI=1S/C15H28N2O2/c1-11-7-8-17(10-14(11)19-2)15(18)13-5-3-12(9-16)4-6-13/h11-14H,3-10,16H2,1-2H3. The monoisotopic (exact) mass is 268 g/mol. The number of hydrogen-bond acceptors (Lipinski definition) is 3. The minimum Gasteiger partial charge on any atom is -0.379 e. The van der Waals surface area contributed by atoms with Gasteiger partial charge in [0.15, 0.2) is 0 Å². The summed E-state index contributed by atoms with van der Waals surface area (Å²) < 4.78 is 5.50. The van der Waals surface area contributed by atoms with E-state index in [1.165, 1.54) is 0 Å². The summed E-state index contributed by atoms with van der Waals surface area (Å²) in [5, 5.41) is 0. The summed E-state index contributed by atoms with van der Waals surface area (Å²) in [7, 11) is 1.75. The van der Waals surface area contributed by atoms with E-state index in [2.05, 4.69) is 6.92 Å². The number of nitrogens with zero attached hydrogens (tertiary/aromatic N) is 1. The fraction of sp³-hybridized carbons (Fsp3) is 0.933. The molecule has 2 fully saturated rings. The van der Waals surface area contributed by atoms with Crippen molar-refractivity contribution in [3.8, 4) is 0 Å². The average molecular weight is 268 g/mol. The molecule has 1 heterocycles. The summed E-state index contributed by atoms with van der Waals surface area (Å²) in [5.74, 6) is 1.78. The first-order valence-electron chi connectivity index (χ1n) is 7.67. The van der Waals surface area contributed by atoms with E-state index >= 15 is 0 Å². The molecule has 19 heavy (non-hydrogen) atoms. The summed E-state index contributed by atoms with van der Waals surface area (Å²) in [6.07, 6.45) is 5.53. The second kappa shape index (κ2) is 6.71. The van der Waals surface area contributed by atoms with Crippen LogP contribution in [-0.2, 0) is 9.53 Å². The number of amides is 1. The van der Waals surface area contributed by atoms with Crippen molar-refractivity contribution in [2.24, 2.45) is 23.5 Å². The van der Waals surface area contributed by atoms with Crippen LogP contribution in [0.5, 0.6) is 0 Å². The molecule has 0 aromatic carbocycles. The lowest BCUT2D eigenvalue weighted by atomic mass is 9.81. The second-order valence-electron chi connectivity index (χ2n) is 6.28. The van der Waals surface area contributed by atoms with Gasteiger partial charge in [-0.25, -0.2) is 0 Å². The lowest BCUT2D eigenvalue weighted by Gasteiger charge is -2.39. The lowest BCUT2D eigenvalue weighted by molar-refractivity contribution is -0.141. The Bertz CT molecular complexity index is 301. The number of carbonyl (C=O) groups excluding carboxylic acids is 1. The molecule has 0 aromatic heterocycles. The lowest BCUT2D eigenvalue weighted by Crippen LogP contribution is -2.49. The molecule has 0 radical (unpaired) electrons. The third kappa shape index (κ3) is 3.48. The van der Waals surface area contributed by atoms with Gasteiger partial charge >= 0.3 is 0 Å². The Morgan fingerprint density at radius 1 is 1.26 bits per heavy atom. The average Bonchev–Trinajstić information content (AvgIpc) is 2.47. The summed E-state index contributed by atoms with van der Waals surface area (Å²) in [6.45, 7) is 4.65. The van der Waals surface area contributed by atoms with Gasteiger partial charge < -0.3 is 15.4 Å². The molecule has 110 valence electrons. The highest BCUT2D eigenvalue weighted by atomic mass is 16.5. The molecule has 1 aliphatic carbocycles. The largest absolute Gasteiger partial charge is 0.379 e. The zero-order valence-electron chi connectivity index (χ0n) is 12.3. The topological polar surface area (TPSA) is 55.6 Å². The Hall–Kier alpha value is -0.610. The number of ether oxygens (including phenoxy) is 1. The van der Waals surface area contributed by atoms with Crippen LogP contribution >= 0.6 is 0 Å². The Kier molecular flexibility index (Phi) is 5.22. The van der Waals surface area contributed by atoms with Crippen molar-refractivity contribution >= 4 is 5.91 Å². The van der Waals surface area contributed by atoms with Gasteiger partial charge in [0.25, 0.3) is 0 Å². The first-order valence-corrected chi connectivity index (χ1v) is 7.67. The summed E-state index contributed by atoms with van der Waals surface area (Å²) in [4.78, 5) is 14.6. The molecule has 1 saturated carbocycles. The highest BCUT2D eigenvalue weighted by Crippen LogP contribution is 2.30. The van der Waals surface area contributed by atoms with Crippen LogP contribution in [0.25, 0.3) is 0 Å². The van der Waals surface area contributed by atoms with E-state index in [9.17, 15) is 4.79 Å². The maximum atomic E-state index is 12.6. The van der Waals surface area contributed by atoms with Crippen molar-refractivity contribution in [1.29, 1.82) is 0 Å². The van der Waals surface area contributed by atoms with Crippen molar-refractivity contribution in [3.63, 3.8) is 0 Å². The predicted molar refractivity (Wildman–Crippen MR) is 75.7 cm³/mol. The molecule has 0 aromatic rings. The van der Waals surface area contributed by atoms with Crippen molar-refractivity contribution in [2.45, 2.75) is 45.1 Å². The van der Waals surface area contributed by atoms with Crippen molar-refractivity contribution in [2.75, 3.05) is 26.7 Å². The van der Waals surface area contributed by atoms with E-state index in [0.29, 0.717) is 17.7 Å². The molecular weight excluding hydrogens is 240 g/mol. The number of nitrogens with two attached hydrogens (primary N) is 1. The van der Waals surface area contributed by atoms with Gasteiger partial charge in [-0.3, -0.25) is 4.79 Å². The van der Waals surface area contributed by atoms with Crippen LogP contribution in [0.1, 0.15) is 39.0 Å². The zero-order valence-corrected chi connectivity index (χ0v) is 12.3. The quantitative estimate of drug-likeness (QED) is 0.846. The van der Waals surface area contributed by atoms with Crippen molar-refractivity contribution in [3.05, 3.63) is 0 Å². The molecule has 2 N–H and O–H groups in total. The van der Waals surface area contributed by atoms with Crippen molar-refractivity contribution < 1.29 is 9.53 Å². The number of methoxy groups -OCH3 is 1. The van der Waals surface area contributed by atoms with E-state index in [-0.39, 0.29) is 12.0 Å². The maximum Gasteiger partial charge on any atom is 0.225 e. The molecular formula is C15H28N2O2. The van der Waals surface area contributed by atoms with Gasteiger partial charge in [-0.1, -0.05) is 6.92 Å². The molecule has 1 saturated heterocycles.